The fourth-order valence-electron chi connectivity index (χ4n) is 3.18. The zero-order chi connectivity index (χ0) is 20.6. The van der Waals surface area contributed by atoms with Crippen molar-refractivity contribution in [1.29, 1.82) is 0 Å². The number of benzene rings is 2. The van der Waals surface area contributed by atoms with Gasteiger partial charge in [-0.25, -0.2) is 4.39 Å². The van der Waals surface area contributed by atoms with Crippen LogP contribution >= 0.6 is 11.6 Å². The molecule has 0 aliphatic carbocycles. The molecule has 0 radical (unpaired) electrons. The van der Waals surface area contributed by atoms with Crippen molar-refractivity contribution in [2.24, 2.45) is 0 Å². The van der Waals surface area contributed by atoms with Crippen LogP contribution in [0.1, 0.15) is 22.7 Å². The summed E-state index contributed by atoms with van der Waals surface area (Å²) < 4.78 is 19.2. The average Bonchev–Trinajstić information content (AvgIpc) is 2.72. The molecule has 0 aromatic heterocycles. The lowest BCUT2D eigenvalue weighted by Gasteiger charge is -2.27. The smallest absolute Gasteiger partial charge is 0.244 e. The van der Waals surface area contributed by atoms with E-state index in [9.17, 15) is 14.3 Å². The quantitative estimate of drug-likeness (QED) is 0.678. The molecule has 1 heterocycles. The predicted molar refractivity (Wildman–Crippen MR) is 111 cm³/mol. The van der Waals surface area contributed by atoms with Crippen molar-refractivity contribution < 1.29 is 19.0 Å². The van der Waals surface area contributed by atoms with E-state index in [1.807, 2.05) is 24.3 Å². The van der Waals surface area contributed by atoms with E-state index in [0.29, 0.717) is 5.02 Å². The molecule has 1 unspecified atom stereocenters. The van der Waals surface area contributed by atoms with Crippen molar-refractivity contribution in [3.05, 3.63) is 76.1 Å². The molecule has 2 N–H and O–H groups in total. The van der Waals surface area contributed by atoms with Crippen LogP contribution in [0.3, 0.4) is 0 Å². The Hall–Kier alpha value is -2.25. The van der Waals surface area contributed by atoms with Gasteiger partial charge in [0.2, 0.25) is 5.91 Å². The maximum Gasteiger partial charge on any atom is 0.244 e. The Morgan fingerprint density at radius 3 is 2.79 bits per heavy atom. The van der Waals surface area contributed by atoms with Gasteiger partial charge in [0.1, 0.15) is 5.82 Å². The molecule has 5 nitrogen and oxygen atoms in total. The third-order valence-corrected chi connectivity index (χ3v) is 4.97. The molecular formula is C22H24ClFN2O3. The highest BCUT2D eigenvalue weighted by atomic mass is 35.5. The summed E-state index contributed by atoms with van der Waals surface area (Å²) in [7, 11) is 0. The van der Waals surface area contributed by atoms with Crippen LogP contribution in [0, 0.1) is 5.82 Å². The number of hydrogen-bond acceptors (Lipinski definition) is 4. The first-order chi connectivity index (χ1) is 14.0. The van der Waals surface area contributed by atoms with E-state index in [2.05, 4.69) is 10.2 Å². The van der Waals surface area contributed by atoms with Crippen molar-refractivity contribution in [1.82, 2.24) is 10.2 Å². The highest BCUT2D eigenvalue weighted by Crippen LogP contribution is 2.18. The number of halogens is 2. The fraction of sp³-hybridized carbons (Fsp3) is 0.318. The third-order valence-electron chi connectivity index (χ3n) is 4.74. The number of ether oxygens (including phenoxy) is 1. The van der Waals surface area contributed by atoms with Gasteiger partial charge >= 0.3 is 0 Å². The number of nitrogens with one attached hydrogen (secondary N) is 1. The van der Waals surface area contributed by atoms with E-state index >= 15 is 0 Å². The number of amides is 1. The minimum Gasteiger partial charge on any atom is -0.394 e. The third kappa shape index (κ3) is 6.37. The normalized spacial score (nSPS) is 16.1. The summed E-state index contributed by atoms with van der Waals surface area (Å²) in [5.41, 5.74) is 2.19. The van der Waals surface area contributed by atoms with Gasteiger partial charge in [-0.15, -0.1) is 0 Å². The van der Waals surface area contributed by atoms with E-state index in [-0.39, 0.29) is 12.2 Å². The summed E-state index contributed by atoms with van der Waals surface area (Å²) in [6.07, 6.45) is 2.62. The lowest BCUT2D eigenvalue weighted by atomic mass is 10.0. The van der Waals surface area contributed by atoms with E-state index in [1.165, 1.54) is 24.3 Å². The molecule has 154 valence electrons. The van der Waals surface area contributed by atoms with E-state index < -0.39 is 17.8 Å². The van der Waals surface area contributed by atoms with Crippen LogP contribution in [-0.4, -0.2) is 48.8 Å². The molecule has 2 aromatic carbocycles. The molecule has 1 fully saturated rings. The highest BCUT2D eigenvalue weighted by molar-refractivity contribution is 6.30. The predicted octanol–water partition coefficient (Wildman–Crippen LogP) is 3.17. The summed E-state index contributed by atoms with van der Waals surface area (Å²) >= 11 is 5.73. The summed E-state index contributed by atoms with van der Waals surface area (Å²) in [6, 6.07) is 11.5. The van der Waals surface area contributed by atoms with Crippen LogP contribution in [0.15, 0.2) is 48.5 Å². The summed E-state index contributed by atoms with van der Waals surface area (Å²) in [5.74, 6) is -0.923. The number of aliphatic hydroxyl groups is 1. The Balaban J connectivity index is 1.63. The molecule has 7 heteroatoms. The number of rotatable bonds is 7. The Morgan fingerprint density at radius 2 is 2.07 bits per heavy atom. The molecule has 1 amide bonds. The summed E-state index contributed by atoms with van der Waals surface area (Å²) in [5, 5.41) is 12.8. The Labute approximate surface area is 174 Å². The number of aliphatic hydroxyl groups excluding tert-OH is 1. The van der Waals surface area contributed by atoms with Gasteiger partial charge in [-0.2, -0.15) is 0 Å². The van der Waals surface area contributed by atoms with Gasteiger partial charge in [-0.3, -0.25) is 9.69 Å². The van der Waals surface area contributed by atoms with E-state index in [1.54, 1.807) is 6.07 Å². The number of carbonyl (C=O) groups is 1. The maximum atomic E-state index is 13.8. The van der Waals surface area contributed by atoms with Crippen LogP contribution in [0.5, 0.6) is 0 Å². The second kappa shape index (κ2) is 10.5. The first-order valence-electron chi connectivity index (χ1n) is 9.48. The second-order valence-corrected chi connectivity index (χ2v) is 7.31. The summed E-state index contributed by atoms with van der Waals surface area (Å²) in [6.45, 7) is 3.78. The second-order valence-electron chi connectivity index (χ2n) is 6.88. The van der Waals surface area contributed by atoms with Gasteiger partial charge in [-0.05, 0) is 29.3 Å². The van der Waals surface area contributed by atoms with Gasteiger partial charge in [0.15, 0.2) is 0 Å². The standard InChI is InChI=1S/C22H24ClFN2O3/c23-19-6-4-17(20(24)13-19)5-7-22(28)25-21(15-27)18-3-1-2-16(12-18)14-26-8-10-29-11-9-26/h1-7,12-13,21,27H,8-11,14-15H2,(H,25,28). The summed E-state index contributed by atoms with van der Waals surface area (Å²) in [4.78, 5) is 14.6. The molecule has 3 rings (SSSR count). The molecule has 29 heavy (non-hydrogen) atoms. The minimum absolute atomic E-state index is 0.240. The van der Waals surface area contributed by atoms with Crippen LogP contribution in [0.2, 0.25) is 5.02 Å². The van der Waals surface area contributed by atoms with Gasteiger partial charge in [0.25, 0.3) is 0 Å². The lowest BCUT2D eigenvalue weighted by molar-refractivity contribution is -0.117. The monoisotopic (exact) mass is 418 g/mol. The zero-order valence-corrected chi connectivity index (χ0v) is 16.7. The molecule has 0 saturated carbocycles. The van der Waals surface area contributed by atoms with Crippen LogP contribution < -0.4 is 5.32 Å². The molecule has 1 aliphatic rings. The zero-order valence-electron chi connectivity index (χ0n) is 16.0. The van der Waals surface area contributed by atoms with Gasteiger partial charge in [0, 0.05) is 36.3 Å². The molecule has 1 atom stereocenters. The van der Waals surface area contributed by atoms with Crippen LogP contribution in [-0.2, 0) is 16.1 Å². The first kappa shape index (κ1) is 21.5. The van der Waals surface area contributed by atoms with Crippen molar-refractivity contribution >= 4 is 23.6 Å². The van der Waals surface area contributed by atoms with Gasteiger partial charge < -0.3 is 15.2 Å². The molecule has 1 aliphatic heterocycles. The number of hydrogen-bond donors (Lipinski definition) is 2. The minimum atomic E-state index is -0.549. The Morgan fingerprint density at radius 1 is 1.28 bits per heavy atom. The Bertz CT molecular complexity index is 869. The van der Waals surface area contributed by atoms with Crippen LogP contribution in [0.4, 0.5) is 4.39 Å². The van der Waals surface area contributed by atoms with Gasteiger partial charge in [-0.1, -0.05) is 41.9 Å². The molecule has 0 spiro atoms. The van der Waals surface area contributed by atoms with Crippen molar-refractivity contribution in [3.63, 3.8) is 0 Å². The SMILES string of the molecule is O=C(C=Cc1ccc(Cl)cc1F)NC(CO)c1cccc(CN2CCOCC2)c1. The largest absolute Gasteiger partial charge is 0.394 e. The van der Waals surface area contributed by atoms with Gasteiger partial charge in [0.05, 0.1) is 25.9 Å². The fourth-order valence-corrected chi connectivity index (χ4v) is 3.34. The number of morpholine rings is 1. The van der Waals surface area contributed by atoms with Crippen molar-refractivity contribution in [3.8, 4) is 0 Å². The van der Waals surface area contributed by atoms with Crippen molar-refractivity contribution in [2.45, 2.75) is 12.6 Å². The van der Waals surface area contributed by atoms with Crippen molar-refractivity contribution in [2.75, 3.05) is 32.9 Å². The topological polar surface area (TPSA) is 61.8 Å². The Kier molecular flexibility index (Phi) is 7.77. The van der Waals surface area contributed by atoms with Crippen LogP contribution in [0.25, 0.3) is 6.08 Å². The van der Waals surface area contributed by atoms with E-state index in [0.717, 1.165) is 44.0 Å². The molecule has 1 saturated heterocycles. The number of nitrogens with zero attached hydrogens (tertiary/aromatic N) is 1. The molecular weight excluding hydrogens is 395 g/mol. The first-order valence-corrected chi connectivity index (χ1v) is 9.86. The highest BCUT2D eigenvalue weighted by Gasteiger charge is 2.15. The average molecular weight is 419 g/mol. The lowest BCUT2D eigenvalue weighted by Crippen LogP contribution is -2.35. The van der Waals surface area contributed by atoms with E-state index in [4.69, 9.17) is 16.3 Å². The molecule has 2 aromatic rings. The maximum absolute atomic E-state index is 13.8. The molecule has 0 bridgehead atoms. The number of carbonyl (C=O) groups excluding carboxylic acids is 1.